The van der Waals surface area contributed by atoms with Gasteiger partial charge in [-0.05, 0) is 51.4 Å². The van der Waals surface area contributed by atoms with Crippen LogP contribution >= 0.6 is 0 Å². The van der Waals surface area contributed by atoms with Crippen LogP contribution in [0.2, 0.25) is 0 Å². The van der Waals surface area contributed by atoms with E-state index in [9.17, 15) is 8.42 Å². The monoisotopic (exact) mass is 374 g/mol. The molecule has 0 atom stereocenters. The van der Waals surface area contributed by atoms with Gasteiger partial charge in [-0.15, -0.1) is 0 Å². The molecule has 1 aliphatic carbocycles. The zero-order valence-electron chi connectivity index (χ0n) is 15.5. The number of sulfonamides is 1. The first kappa shape index (κ1) is 18.8. The maximum absolute atomic E-state index is 12.1. The summed E-state index contributed by atoms with van der Waals surface area (Å²) in [5.74, 6) is 1.19. The van der Waals surface area contributed by atoms with Crippen molar-refractivity contribution >= 4 is 21.4 Å². The molecule has 140 valence electrons. The fraction of sp³-hybridized carbons (Fsp3) is 0.474. The first-order valence-electron chi connectivity index (χ1n) is 9.05. The number of hydrogen-bond donors (Lipinski definition) is 2. The highest BCUT2D eigenvalue weighted by atomic mass is 32.2. The molecule has 1 aromatic heterocycles. The minimum atomic E-state index is -3.49. The van der Waals surface area contributed by atoms with Crippen LogP contribution in [0.5, 0.6) is 0 Å². The molecule has 2 N–H and O–H groups in total. The number of aryl methyl sites for hydroxylation is 2. The molecule has 1 saturated carbocycles. The van der Waals surface area contributed by atoms with Crippen LogP contribution in [-0.2, 0) is 10.0 Å². The predicted octanol–water partition coefficient (Wildman–Crippen LogP) is 3.79. The molecule has 3 rings (SSSR count). The molecular weight excluding hydrogens is 348 g/mol. The van der Waals surface area contributed by atoms with Crippen LogP contribution in [0.4, 0.5) is 11.4 Å². The summed E-state index contributed by atoms with van der Waals surface area (Å²) in [7, 11) is -2.07. The Bertz CT molecular complexity index is 890. The third kappa shape index (κ3) is 4.04. The second-order valence-electron chi connectivity index (χ2n) is 6.86. The van der Waals surface area contributed by atoms with Crippen molar-refractivity contribution in [1.82, 2.24) is 14.7 Å². The van der Waals surface area contributed by atoms with Crippen molar-refractivity contribution < 1.29 is 8.42 Å². The lowest BCUT2D eigenvalue weighted by atomic mass is 9.86. The van der Waals surface area contributed by atoms with E-state index in [2.05, 4.69) is 15.0 Å². The van der Waals surface area contributed by atoms with Gasteiger partial charge in [0.25, 0.3) is 0 Å². The fourth-order valence-corrected chi connectivity index (χ4v) is 4.19. The van der Waals surface area contributed by atoms with Crippen molar-refractivity contribution in [2.45, 2.75) is 56.8 Å². The van der Waals surface area contributed by atoms with Crippen LogP contribution in [-0.4, -0.2) is 25.4 Å². The number of nitrogens with zero attached hydrogens (tertiary/aromatic N) is 2. The van der Waals surface area contributed by atoms with Crippen molar-refractivity contribution in [3.05, 3.63) is 41.5 Å². The van der Waals surface area contributed by atoms with Gasteiger partial charge in [0.05, 0.1) is 22.5 Å². The summed E-state index contributed by atoms with van der Waals surface area (Å²) in [5.41, 5.74) is 3.63. The van der Waals surface area contributed by atoms with Gasteiger partial charge in [0.15, 0.2) is 0 Å². The quantitative estimate of drug-likeness (QED) is 0.832. The van der Waals surface area contributed by atoms with Crippen molar-refractivity contribution in [1.29, 1.82) is 0 Å². The fourth-order valence-electron chi connectivity index (χ4n) is 3.44. The second kappa shape index (κ2) is 7.72. The number of rotatable bonds is 5. The van der Waals surface area contributed by atoms with Gasteiger partial charge >= 0.3 is 0 Å². The summed E-state index contributed by atoms with van der Waals surface area (Å²) in [6.07, 6.45) is 7.82. The van der Waals surface area contributed by atoms with Crippen LogP contribution in [0.25, 0.3) is 0 Å². The van der Waals surface area contributed by atoms with Gasteiger partial charge in [0, 0.05) is 11.6 Å². The third-order valence-corrected chi connectivity index (χ3v) is 6.40. The Morgan fingerprint density at radius 1 is 1.08 bits per heavy atom. The smallest absolute Gasteiger partial charge is 0.240 e. The molecule has 26 heavy (non-hydrogen) atoms. The highest BCUT2D eigenvalue weighted by Gasteiger charge is 2.21. The van der Waals surface area contributed by atoms with Gasteiger partial charge in [-0.1, -0.05) is 25.3 Å². The van der Waals surface area contributed by atoms with E-state index in [4.69, 9.17) is 4.98 Å². The van der Waals surface area contributed by atoms with Crippen LogP contribution in [0.1, 0.15) is 55.1 Å². The lowest BCUT2D eigenvalue weighted by molar-refractivity contribution is 0.436. The Balaban J connectivity index is 1.97. The Hall–Kier alpha value is -1.99. The molecule has 1 fully saturated rings. The molecule has 0 bridgehead atoms. The lowest BCUT2D eigenvalue weighted by Crippen LogP contribution is -2.18. The van der Waals surface area contributed by atoms with Gasteiger partial charge < -0.3 is 5.32 Å². The molecule has 0 amide bonds. The Kier molecular flexibility index (Phi) is 5.58. The van der Waals surface area contributed by atoms with Crippen LogP contribution in [0, 0.1) is 13.8 Å². The van der Waals surface area contributed by atoms with E-state index in [0.717, 1.165) is 41.3 Å². The lowest BCUT2D eigenvalue weighted by Gasteiger charge is -2.24. The topological polar surface area (TPSA) is 84.0 Å². The molecule has 0 unspecified atom stereocenters. The largest absolute Gasteiger partial charge is 0.353 e. The summed E-state index contributed by atoms with van der Waals surface area (Å²) in [6, 6.07) is 5.08. The number of aromatic nitrogens is 2. The summed E-state index contributed by atoms with van der Waals surface area (Å²) in [4.78, 5) is 9.29. The molecule has 0 radical (unpaired) electrons. The second-order valence-corrected chi connectivity index (χ2v) is 8.75. The maximum atomic E-state index is 12.1. The summed E-state index contributed by atoms with van der Waals surface area (Å²) >= 11 is 0. The Labute approximate surface area is 155 Å². The zero-order valence-corrected chi connectivity index (χ0v) is 16.4. The van der Waals surface area contributed by atoms with E-state index in [1.54, 1.807) is 12.1 Å². The summed E-state index contributed by atoms with van der Waals surface area (Å²) in [5, 5.41) is 3.38. The summed E-state index contributed by atoms with van der Waals surface area (Å²) < 4.78 is 26.6. The number of hydrogen-bond acceptors (Lipinski definition) is 5. The molecule has 1 aromatic carbocycles. The van der Waals surface area contributed by atoms with Gasteiger partial charge in [-0.25, -0.2) is 23.1 Å². The van der Waals surface area contributed by atoms with Gasteiger partial charge in [0.1, 0.15) is 5.82 Å². The average molecular weight is 375 g/mol. The third-order valence-electron chi connectivity index (χ3n) is 4.99. The van der Waals surface area contributed by atoms with Crippen LogP contribution < -0.4 is 10.0 Å². The Morgan fingerprint density at radius 3 is 2.50 bits per heavy atom. The molecule has 0 aliphatic heterocycles. The summed E-state index contributed by atoms with van der Waals surface area (Å²) in [6.45, 7) is 3.86. The highest BCUT2D eigenvalue weighted by molar-refractivity contribution is 7.89. The number of nitrogens with one attached hydrogen (secondary N) is 2. The van der Waals surface area contributed by atoms with E-state index in [-0.39, 0.29) is 4.90 Å². The molecule has 7 heteroatoms. The Morgan fingerprint density at radius 2 is 1.81 bits per heavy atom. The van der Waals surface area contributed by atoms with Gasteiger partial charge in [0.2, 0.25) is 10.0 Å². The predicted molar refractivity (Wildman–Crippen MR) is 103 cm³/mol. The first-order valence-corrected chi connectivity index (χ1v) is 10.5. The van der Waals surface area contributed by atoms with E-state index in [0.29, 0.717) is 5.92 Å². The van der Waals surface area contributed by atoms with E-state index >= 15 is 0 Å². The standard InChI is InChI=1S/C19H26N4O2S/c1-13-9-10-16(26(24,25)20-3)11-17(13)23-18-12-21-14(2)22-19(18)15-7-5-4-6-8-15/h9-12,15,20,23H,4-8H2,1-3H3. The highest BCUT2D eigenvalue weighted by Crippen LogP contribution is 2.36. The number of anilines is 2. The van der Waals surface area contributed by atoms with E-state index in [1.165, 1.54) is 26.3 Å². The number of benzene rings is 1. The molecule has 2 aromatic rings. The van der Waals surface area contributed by atoms with Crippen molar-refractivity contribution in [2.75, 3.05) is 12.4 Å². The zero-order chi connectivity index (χ0) is 18.7. The minimum absolute atomic E-state index is 0.236. The maximum Gasteiger partial charge on any atom is 0.240 e. The SMILES string of the molecule is CNS(=O)(=O)c1ccc(C)c(Nc2cnc(C)nc2C2CCCCC2)c1. The molecule has 0 saturated heterocycles. The van der Waals surface area contributed by atoms with Crippen molar-refractivity contribution in [2.24, 2.45) is 0 Å². The molecular formula is C19H26N4O2S. The minimum Gasteiger partial charge on any atom is -0.353 e. The van der Waals surface area contributed by atoms with Crippen LogP contribution in [0.3, 0.4) is 0 Å². The normalized spacial score (nSPS) is 15.8. The first-order chi connectivity index (χ1) is 12.4. The van der Waals surface area contributed by atoms with E-state index in [1.807, 2.05) is 26.1 Å². The molecule has 1 aliphatic rings. The molecule has 1 heterocycles. The van der Waals surface area contributed by atoms with E-state index < -0.39 is 10.0 Å². The van der Waals surface area contributed by atoms with Gasteiger partial charge in [-0.2, -0.15) is 0 Å². The molecule has 0 spiro atoms. The molecule has 6 nitrogen and oxygen atoms in total. The van der Waals surface area contributed by atoms with Gasteiger partial charge in [-0.3, -0.25) is 0 Å². The van der Waals surface area contributed by atoms with Crippen LogP contribution in [0.15, 0.2) is 29.3 Å². The average Bonchev–Trinajstić information content (AvgIpc) is 2.65. The van der Waals surface area contributed by atoms with Crippen molar-refractivity contribution in [3.63, 3.8) is 0 Å². The van der Waals surface area contributed by atoms with Crippen molar-refractivity contribution in [3.8, 4) is 0 Å².